The van der Waals surface area contributed by atoms with Gasteiger partial charge in [0.2, 0.25) is 0 Å². The zero-order valence-electron chi connectivity index (χ0n) is 6.50. The van der Waals surface area contributed by atoms with Crippen LogP contribution >= 0.6 is 0 Å². The first kappa shape index (κ1) is 9.40. The zero-order chi connectivity index (χ0) is 7.82. The van der Waals surface area contributed by atoms with Crippen molar-refractivity contribution in [2.75, 3.05) is 6.61 Å². The van der Waals surface area contributed by atoms with Crippen LogP contribution in [0.4, 0.5) is 0 Å². The molecule has 0 atom stereocenters. The first-order valence-electron chi connectivity index (χ1n) is 3.43. The van der Waals surface area contributed by atoms with Crippen molar-refractivity contribution in [1.29, 1.82) is 0 Å². The van der Waals surface area contributed by atoms with Gasteiger partial charge < -0.3 is 0 Å². The highest BCUT2D eigenvalue weighted by atomic mass is 17.1. The van der Waals surface area contributed by atoms with Gasteiger partial charge in [-0.05, 0) is 18.9 Å². The highest BCUT2D eigenvalue weighted by Crippen LogP contribution is 1.97. The molecule has 0 fully saturated rings. The summed E-state index contributed by atoms with van der Waals surface area (Å²) in [5, 5.41) is 8.09. The maximum atomic E-state index is 8.09. The van der Waals surface area contributed by atoms with E-state index in [9.17, 15) is 0 Å². The molecule has 0 unspecified atom stereocenters. The number of rotatable bonds is 4. The van der Waals surface area contributed by atoms with E-state index < -0.39 is 0 Å². The Kier molecular flexibility index (Phi) is 6.13. The lowest BCUT2D eigenvalue weighted by molar-refractivity contribution is -0.233. The van der Waals surface area contributed by atoms with E-state index in [2.05, 4.69) is 11.8 Å². The molecular formula is C8H14O2. The van der Waals surface area contributed by atoms with Gasteiger partial charge in [-0.1, -0.05) is 25.2 Å². The van der Waals surface area contributed by atoms with Crippen LogP contribution in [0, 0.1) is 0 Å². The molecule has 2 heteroatoms. The Morgan fingerprint density at radius 3 is 2.70 bits per heavy atom. The monoisotopic (exact) mass is 142 g/mol. The standard InChI is InChI=1S/C8H14O2/c1-3-5-6-8(4-2)7-10-9/h4-6,9H,3,7H2,1-2H3/b6-5-,8-4+. The third-order valence-corrected chi connectivity index (χ3v) is 1.17. The molecule has 0 saturated heterocycles. The largest absolute Gasteiger partial charge is 0.251 e. The Balaban J connectivity index is 3.72. The molecule has 0 aliphatic rings. The fraction of sp³-hybridized carbons (Fsp3) is 0.500. The van der Waals surface area contributed by atoms with Crippen molar-refractivity contribution in [1.82, 2.24) is 0 Å². The number of allylic oxidation sites excluding steroid dienone is 2. The van der Waals surface area contributed by atoms with Crippen molar-refractivity contribution in [3.63, 3.8) is 0 Å². The van der Waals surface area contributed by atoms with E-state index >= 15 is 0 Å². The van der Waals surface area contributed by atoms with Gasteiger partial charge in [0.05, 0.1) is 0 Å². The van der Waals surface area contributed by atoms with Gasteiger partial charge in [0.25, 0.3) is 0 Å². The second kappa shape index (κ2) is 6.52. The van der Waals surface area contributed by atoms with Gasteiger partial charge in [-0.15, -0.1) is 0 Å². The summed E-state index contributed by atoms with van der Waals surface area (Å²) < 4.78 is 0. The molecule has 0 bridgehead atoms. The molecule has 0 aromatic rings. The highest BCUT2D eigenvalue weighted by Gasteiger charge is 1.87. The van der Waals surface area contributed by atoms with Crippen LogP contribution in [0.25, 0.3) is 0 Å². The van der Waals surface area contributed by atoms with Crippen LogP contribution in [0.3, 0.4) is 0 Å². The van der Waals surface area contributed by atoms with Gasteiger partial charge in [0.1, 0.15) is 6.61 Å². The molecule has 0 rings (SSSR count). The average Bonchev–Trinajstić information content (AvgIpc) is 1.98. The fourth-order valence-electron chi connectivity index (χ4n) is 0.571. The lowest BCUT2D eigenvalue weighted by atomic mass is 10.2. The third kappa shape index (κ3) is 4.30. The summed E-state index contributed by atoms with van der Waals surface area (Å²) >= 11 is 0. The summed E-state index contributed by atoms with van der Waals surface area (Å²) in [5.74, 6) is 0. The third-order valence-electron chi connectivity index (χ3n) is 1.17. The fourth-order valence-corrected chi connectivity index (χ4v) is 0.571. The summed E-state index contributed by atoms with van der Waals surface area (Å²) in [5.41, 5.74) is 0.990. The Labute approximate surface area is 61.8 Å². The molecule has 0 radical (unpaired) electrons. The van der Waals surface area contributed by atoms with Gasteiger partial charge >= 0.3 is 0 Å². The highest BCUT2D eigenvalue weighted by molar-refractivity contribution is 5.17. The van der Waals surface area contributed by atoms with E-state index in [4.69, 9.17) is 5.26 Å². The van der Waals surface area contributed by atoms with Crippen LogP contribution in [-0.2, 0) is 4.89 Å². The molecule has 0 saturated carbocycles. The molecule has 0 aliphatic carbocycles. The van der Waals surface area contributed by atoms with E-state index in [0.29, 0.717) is 0 Å². The van der Waals surface area contributed by atoms with Crippen LogP contribution in [0.15, 0.2) is 23.8 Å². The second-order valence-corrected chi connectivity index (χ2v) is 1.95. The van der Waals surface area contributed by atoms with Gasteiger partial charge in [-0.3, -0.25) is 5.26 Å². The first-order valence-corrected chi connectivity index (χ1v) is 3.43. The van der Waals surface area contributed by atoms with E-state index in [0.717, 1.165) is 12.0 Å². The van der Waals surface area contributed by atoms with Crippen LogP contribution in [-0.4, -0.2) is 11.9 Å². The normalized spacial score (nSPS) is 12.9. The lowest BCUT2D eigenvalue weighted by Gasteiger charge is -1.95. The number of hydrogen-bond acceptors (Lipinski definition) is 2. The lowest BCUT2D eigenvalue weighted by Crippen LogP contribution is -1.90. The van der Waals surface area contributed by atoms with Crippen molar-refractivity contribution in [2.45, 2.75) is 20.3 Å². The molecule has 1 N–H and O–H groups in total. The molecule has 0 amide bonds. The maximum Gasteiger partial charge on any atom is 0.107 e. The zero-order valence-corrected chi connectivity index (χ0v) is 6.50. The number of hydrogen-bond donors (Lipinski definition) is 1. The SMILES string of the molecule is C/C=C(\C=C/CC)COO. The smallest absolute Gasteiger partial charge is 0.107 e. The maximum absolute atomic E-state index is 8.09. The van der Waals surface area contributed by atoms with Crippen LogP contribution in [0.5, 0.6) is 0 Å². The summed E-state index contributed by atoms with van der Waals surface area (Å²) in [4.78, 5) is 3.97. The minimum atomic E-state index is 0.271. The molecule has 0 aromatic heterocycles. The van der Waals surface area contributed by atoms with Crippen LogP contribution < -0.4 is 0 Å². The van der Waals surface area contributed by atoms with Crippen LogP contribution in [0.2, 0.25) is 0 Å². The Bertz CT molecular complexity index is 125. The van der Waals surface area contributed by atoms with Gasteiger partial charge in [0.15, 0.2) is 0 Å². The van der Waals surface area contributed by atoms with E-state index in [1.54, 1.807) is 0 Å². The molecule has 0 aliphatic heterocycles. The topological polar surface area (TPSA) is 29.5 Å². The molecule has 0 aromatic carbocycles. The summed E-state index contributed by atoms with van der Waals surface area (Å²) in [6, 6.07) is 0. The average molecular weight is 142 g/mol. The molecule has 58 valence electrons. The molecule has 10 heavy (non-hydrogen) atoms. The second-order valence-electron chi connectivity index (χ2n) is 1.95. The van der Waals surface area contributed by atoms with Crippen molar-refractivity contribution < 1.29 is 10.1 Å². The minimum absolute atomic E-state index is 0.271. The predicted molar refractivity (Wildman–Crippen MR) is 41.8 cm³/mol. The van der Waals surface area contributed by atoms with Crippen molar-refractivity contribution >= 4 is 0 Å². The quantitative estimate of drug-likeness (QED) is 0.371. The van der Waals surface area contributed by atoms with Crippen molar-refractivity contribution in [2.24, 2.45) is 0 Å². The van der Waals surface area contributed by atoms with Gasteiger partial charge in [-0.25, -0.2) is 4.89 Å². The van der Waals surface area contributed by atoms with E-state index in [1.165, 1.54) is 0 Å². The summed E-state index contributed by atoms with van der Waals surface area (Å²) in [6.07, 6.45) is 6.87. The van der Waals surface area contributed by atoms with Crippen LogP contribution in [0.1, 0.15) is 20.3 Å². The van der Waals surface area contributed by atoms with Gasteiger partial charge in [-0.2, -0.15) is 0 Å². The van der Waals surface area contributed by atoms with E-state index in [1.807, 2.05) is 25.2 Å². The summed E-state index contributed by atoms with van der Waals surface area (Å²) in [7, 11) is 0. The minimum Gasteiger partial charge on any atom is -0.251 e. The Morgan fingerprint density at radius 2 is 2.30 bits per heavy atom. The molecule has 0 heterocycles. The molecule has 2 nitrogen and oxygen atoms in total. The molecular weight excluding hydrogens is 128 g/mol. The van der Waals surface area contributed by atoms with Crippen molar-refractivity contribution in [3.05, 3.63) is 23.8 Å². The first-order chi connectivity index (χ1) is 4.85. The van der Waals surface area contributed by atoms with Crippen molar-refractivity contribution in [3.8, 4) is 0 Å². The summed E-state index contributed by atoms with van der Waals surface area (Å²) in [6.45, 7) is 4.24. The Hall–Kier alpha value is -0.600. The van der Waals surface area contributed by atoms with E-state index in [-0.39, 0.29) is 6.61 Å². The predicted octanol–water partition coefficient (Wildman–Crippen LogP) is 2.39. The molecule has 0 spiro atoms. The van der Waals surface area contributed by atoms with Gasteiger partial charge in [0, 0.05) is 0 Å². The Morgan fingerprint density at radius 1 is 1.60 bits per heavy atom.